The monoisotopic (exact) mass is 189 g/mol. The van der Waals surface area contributed by atoms with Gasteiger partial charge in [-0.15, -0.1) is 8.42 Å². The van der Waals surface area contributed by atoms with Crippen LogP contribution in [0.3, 0.4) is 0 Å². The SMILES string of the molecule is CC[NH+](CC)S(=O)(=O)O.[Cl-]. The van der Waals surface area contributed by atoms with E-state index in [0.717, 1.165) is 0 Å². The third-order valence-electron chi connectivity index (χ3n) is 1.15. The molecule has 6 heteroatoms. The topological polar surface area (TPSA) is 58.8 Å². The Balaban J connectivity index is 0. The van der Waals surface area contributed by atoms with Crippen LogP contribution >= 0.6 is 0 Å². The van der Waals surface area contributed by atoms with Gasteiger partial charge in [0, 0.05) is 0 Å². The van der Waals surface area contributed by atoms with E-state index in [-0.39, 0.29) is 16.7 Å². The lowest BCUT2D eigenvalue weighted by Gasteiger charge is -2.08. The highest BCUT2D eigenvalue weighted by Gasteiger charge is 2.17. The lowest BCUT2D eigenvalue weighted by atomic mass is 10.7. The molecule has 0 aliphatic carbocycles. The second kappa shape index (κ2) is 4.90. The molecular weight excluding hydrogens is 178 g/mol. The van der Waals surface area contributed by atoms with Crippen molar-refractivity contribution < 1.29 is 29.7 Å². The van der Waals surface area contributed by atoms with Gasteiger partial charge >= 0.3 is 10.3 Å². The summed E-state index contributed by atoms with van der Waals surface area (Å²) < 4.78 is 29.2. The van der Waals surface area contributed by atoms with Gasteiger partial charge < -0.3 is 12.4 Å². The molecule has 0 aliphatic heterocycles. The maximum Gasteiger partial charge on any atom is 0.431 e. The molecule has 0 radical (unpaired) electrons. The smallest absolute Gasteiger partial charge is 0.431 e. The summed E-state index contributed by atoms with van der Waals surface area (Å²) in [5.41, 5.74) is 0. The first-order valence-electron chi connectivity index (χ1n) is 2.84. The minimum atomic E-state index is -3.85. The highest BCUT2D eigenvalue weighted by Crippen LogP contribution is 1.61. The molecule has 0 unspecified atom stereocenters. The normalized spacial score (nSPS) is 11.2. The summed E-state index contributed by atoms with van der Waals surface area (Å²) in [5.74, 6) is 0. The molecule has 0 aliphatic rings. The Hall–Kier alpha value is 0.160. The largest absolute Gasteiger partial charge is 1.00 e. The maximum atomic E-state index is 10.3. The molecule has 0 rings (SSSR count). The molecule has 0 saturated heterocycles. The quantitative estimate of drug-likeness (QED) is 0.442. The lowest BCUT2D eigenvalue weighted by Crippen LogP contribution is -3.13. The molecule has 0 heterocycles. The lowest BCUT2D eigenvalue weighted by molar-refractivity contribution is -0.767. The molecule has 0 saturated carbocycles. The fraction of sp³-hybridized carbons (Fsp3) is 1.00. The highest BCUT2D eigenvalue weighted by atomic mass is 35.5. The van der Waals surface area contributed by atoms with E-state index in [1.165, 1.54) is 0 Å². The average Bonchev–Trinajstić information content (AvgIpc) is 1.65. The van der Waals surface area contributed by atoms with E-state index in [4.69, 9.17) is 4.55 Å². The zero-order valence-electron chi connectivity index (χ0n) is 5.96. The predicted molar refractivity (Wildman–Crippen MR) is 33.6 cm³/mol. The first-order valence-corrected chi connectivity index (χ1v) is 4.28. The molecule has 0 spiro atoms. The number of rotatable bonds is 3. The van der Waals surface area contributed by atoms with Crippen LogP contribution in [-0.4, -0.2) is 26.1 Å². The molecular formula is C4H12ClNO3S. The van der Waals surface area contributed by atoms with E-state index in [0.29, 0.717) is 13.1 Å². The molecule has 64 valence electrons. The van der Waals surface area contributed by atoms with Gasteiger partial charge in [-0.05, 0) is 13.8 Å². The highest BCUT2D eigenvalue weighted by molar-refractivity contribution is 7.79. The van der Waals surface area contributed by atoms with E-state index < -0.39 is 10.3 Å². The molecule has 10 heavy (non-hydrogen) atoms. The van der Waals surface area contributed by atoms with E-state index >= 15 is 0 Å². The van der Waals surface area contributed by atoms with Crippen molar-refractivity contribution in [2.45, 2.75) is 13.8 Å². The van der Waals surface area contributed by atoms with E-state index in [2.05, 4.69) is 0 Å². The maximum absolute atomic E-state index is 10.3. The first kappa shape index (κ1) is 12.8. The summed E-state index contributed by atoms with van der Waals surface area (Å²) in [6.07, 6.45) is 0. The van der Waals surface area contributed by atoms with Gasteiger partial charge in [0.1, 0.15) is 0 Å². The van der Waals surface area contributed by atoms with Gasteiger partial charge in [-0.3, -0.25) is 0 Å². The summed E-state index contributed by atoms with van der Waals surface area (Å²) in [6, 6.07) is 0. The predicted octanol–water partition coefficient (Wildman–Crippen LogP) is -4.28. The summed E-state index contributed by atoms with van der Waals surface area (Å²) in [4.78, 5) is 0. The van der Waals surface area contributed by atoms with E-state index in [1.54, 1.807) is 13.8 Å². The van der Waals surface area contributed by atoms with Gasteiger partial charge in [0.15, 0.2) is 0 Å². The summed E-state index contributed by atoms with van der Waals surface area (Å²) >= 11 is 0. The van der Waals surface area contributed by atoms with Crippen molar-refractivity contribution in [1.29, 1.82) is 0 Å². The van der Waals surface area contributed by atoms with Crippen LogP contribution in [0.1, 0.15) is 13.8 Å². The van der Waals surface area contributed by atoms with Gasteiger partial charge in [-0.2, -0.15) is 0 Å². The number of hydrogen-bond donors (Lipinski definition) is 2. The summed E-state index contributed by atoms with van der Waals surface area (Å²) in [5, 5.41) is 0. The molecule has 0 bridgehead atoms. The van der Waals surface area contributed by atoms with Crippen LogP contribution in [0.15, 0.2) is 0 Å². The van der Waals surface area contributed by atoms with Crippen molar-refractivity contribution >= 4 is 10.3 Å². The van der Waals surface area contributed by atoms with Crippen molar-refractivity contribution in [1.82, 2.24) is 0 Å². The van der Waals surface area contributed by atoms with Crippen LogP contribution in [0.2, 0.25) is 0 Å². The number of hydrogen-bond acceptors (Lipinski definition) is 2. The van der Waals surface area contributed by atoms with Gasteiger partial charge in [-0.1, -0.05) is 0 Å². The second-order valence-electron chi connectivity index (χ2n) is 1.72. The van der Waals surface area contributed by atoms with Gasteiger partial charge in [0.25, 0.3) is 0 Å². The Kier molecular flexibility index (Phi) is 6.27. The summed E-state index contributed by atoms with van der Waals surface area (Å²) in [7, 11) is -3.85. The third kappa shape index (κ3) is 4.05. The Bertz CT molecular complexity index is 163. The van der Waals surface area contributed by atoms with E-state index in [9.17, 15) is 8.42 Å². The van der Waals surface area contributed by atoms with Gasteiger partial charge in [0.2, 0.25) is 0 Å². The number of nitrogens with one attached hydrogen (secondary N) is 1. The second-order valence-corrected chi connectivity index (χ2v) is 3.25. The van der Waals surface area contributed by atoms with Crippen LogP contribution in [0.4, 0.5) is 0 Å². The van der Waals surface area contributed by atoms with E-state index in [1.807, 2.05) is 0 Å². The van der Waals surface area contributed by atoms with Crippen LogP contribution in [0, 0.1) is 0 Å². The molecule has 0 aromatic carbocycles. The van der Waals surface area contributed by atoms with Crippen LogP contribution in [0.5, 0.6) is 0 Å². The zero-order chi connectivity index (χ0) is 7.49. The minimum Gasteiger partial charge on any atom is -1.00 e. The molecule has 0 aromatic heterocycles. The van der Waals surface area contributed by atoms with Crippen LogP contribution in [-0.2, 0) is 10.3 Å². The minimum absolute atomic E-state index is 0. The van der Waals surface area contributed by atoms with Crippen LogP contribution in [0.25, 0.3) is 0 Å². The number of halogens is 1. The molecule has 0 atom stereocenters. The van der Waals surface area contributed by atoms with Crippen LogP contribution < -0.4 is 16.7 Å². The van der Waals surface area contributed by atoms with Crippen molar-refractivity contribution in [2.24, 2.45) is 0 Å². The summed E-state index contributed by atoms with van der Waals surface area (Å²) in [6.45, 7) is 4.20. The van der Waals surface area contributed by atoms with Crippen molar-refractivity contribution in [3.8, 4) is 0 Å². The average molecular weight is 190 g/mol. The zero-order valence-corrected chi connectivity index (χ0v) is 7.54. The van der Waals surface area contributed by atoms with Crippen molar-refractivity contribution in [2.75, 3.05) is 13.1 Å². The molecule has 0 aromatic rings. The Labute approximate surface area is 67.5 Å². The molecule has 0 amide bonds. The first-order chi connectivity index (χ1) is 4.02. The Morgan fingerprint density at radius 3 is 1.60 bits per heavy atom. The Morgan fingerprint density at radius 1 is 1.30 bits per heavy atom. The van der Waals surface area contributed by atoms with Gasteiger partial charge in [0.05, 0.1) is 13.1 Å². The standard InChI is InChI=1S/C4H11NO3S.ClH/c1-3-5(4-2)9(6,7)8;/h3-4H2,1-2H3,(H,6,7,8);1H. The fourth-order valence-electron chi connectivity index (χ4n) is 0.615. The third-order valence-corrected chi connectivity index (χ3v) is 2.46. The fourth-order valence-corrected chi connectivity index (χ4v) is 1.34. The van der Waals surface area contributed by atoms with Crippen molar-refractivity contribution in [3.63, 3.8) is 0 Å². The molecule has 2 N–H and O–H groups in total. The molecule has 4 nitrogen and oxygen atoms in total. The number of quaternary nitrogens is 1. The Morgan fingerprint density at radius 2 is 1.60 bits per heavy atom. The molecule has 0 fully saturated rings. The van der Waals surface area contributed by atoms with Crippen molar-refractivity contribution in [3.05, 3.63) is 0 Å². The van der Waals surface area contributed by atoms with Gasteiger partial charge in [-0.25, -0.2) is 8.86 Å².